The molecule has 1 aromatic carbocycles. The molecule has 1 saturated carbocycles. The Balaban J connectivity index is 1.96. The van der Waals surface area contributed by atoms with Crippen molar-refractivity contribution in [1.82, 2.24) is 4.90 Å². The van der Waals surface area contributed by atoms with E-state index in [0.29, 0.717) is 5.41 Å². The summed E-state index contributed by atoms with van der Waals surface area (Å²) in [5.74, 6) is 0.886. The van der Waals surface area contributed by atoms with Gasteiger partial charge in [-0.1, -0.05) is 43.2 Å². The Morgan fingerprint density at radius 2 is 1.94 bits per heavy atom. The average Bonchev–Trinajstić information content (AvgIpc) is 2.40. The highest BCUT2D eigenvalue weighted by Crippen LogP contribution is 2.48. The second kappa shape index (κ2) is 4.45. The number of likely N-dealkylation sites (tertiary alicyclic amines) is 1. The van der Waals surface area contributed by atoms with E-state index in [-0.39, 0.29) is 0 Å². The lowest BCUT2D eigenvalue weighted by molar-refractivity contribution is 0.0708. The van der Waals surface area contributed by atoms with Crippen molar-refractivity contribution < 1.29 is 0 Å². The molecule has 1 nitrogen and oxygen atoms in total. The second-order valence-electron chi connectivity index (χ2n) is 5.98. The van der Waals surface area contributed by atoms with Gasteiger partial charge in [0.2, 0.25) is 0 Å². The van der Waals surface area contributed by atoms with Gasteiger partial charge in [0, 0.05) is 12.0 Å². The molecule has 17 heavy (non-hydrogen) atoms. The van der Waals surface area contributed by atoms with Gasteiger partial charge < -0.3 is 4.90 Å². The topological polar surface area (TPSA) is 3.24 Å². The molecule has 3 rings (SSSR count). The van der Waals surface area contributed by atoms with Gasteiger partial charge in [-0.3, -0.25) is 0 Å². The highest BCUT2D eigenvalue weighted by atomic mass is 15.1. The first kappa shape index (κ1) is 11.3. The van der Waals surface area contributed by atoms with Crippen LogP contribution in [0.4, 0.5) is 0 Å². The van der Waals surface area contributed by atoms with Gasteiger partial charge in [-0.05, 0) is 44.3 Å². The van der Waals surface area contributed by atoms with Gasteiger partial charge in [-0.25, -0.2) is 0 Å². The summed E-state index contributed by atoms with van der Waals surface area (Å²) >= 11 is 0. The quantitative estimate of drug-likeness (QED) is 0.713. The van der Waals surface area contributed by atoms with Crippen LogP contribution in [0, 0.1) is 5.92 Å². The molecule has 0 aromatic heterocycles. The van der Waals surface area contributed by atoms with Crippen LogP contribution in [0.2, 0.25) is 0 Å². The zero-order chi connectivity index (χ0) is 11.7. The largest absolute Gasteiger partial charge is 0.306 e. The molecular weight excluding hydrogens is 206 g/mol. The van der Waals surface area contributed by atoms with Crippen molar-refractivity contribution in [1.29, 1.82) is 0 Å². The van der Waals surface area contributed by atoms with E-state index in [9.17, 15) is 0 Å². The number of nitrogens with zero attached hydrogens (tertiary/aromatic N) is 1. The molecule has 0 radical (unpaired) electrons. The van der Waals surface area contributed by atoms with Gasteiger partial charge in [0.25, 0.3) is 0 Å². The Kier molecular flexibility index (Phi) is 2.96. The van der Waals surface area contributed by atoms with E-state index in [2.05, 4.69) is 42.3 Å². The van der Waals surface area contributed by atoms with Gasteiger partial charge in [0.15, 0.2) is 0 Å². The predicted octanol–water partition coefficient (Wildman–Crippen LogP) is 3.45. The molecule has 2 aliphatic rings. The average molecular weight is 229 g/mol. The molecule has 1 heterocycles. The summed E-state index contributed by atoms with van der Waals surface area (Å²) in [6.07, 6.45) is 7.06. The van der Waals surface area contributed by atoms with Crippen molar-refractivity contribution in [3.05, 3.63) is 35.9 Å². The summed E-state index contributed by atoms with van der Waals surface area (Å²) in [5, 5.41) is 0. The monoisotopic (exact) mass is 229 g/mol. The molecular formula is C16H23N. The highest BCUT2D eigenvalue weighted by Gasteiger charge is 2.44. The number of benzene rings is 1. The first-order chi connectivity index (χ1) is 8.31. The van der Waals surface area contributed by atoms with Crippen LogP contribution in [0.1, 0.15) is 37.7 Å². The fourth-order valence-electron chi connectivity index (χ4n) is 4.06. The van der Waals surface area contributed by atoms with E-state index in [1.54, 1.807) is 5.56 Å². The van der Waals surface area contributed by atoms with Crippen molar-refractivity contribution in [2.75, 3.05) is 20.1 Å². The molecule has 0 N–H and O–H groups in total. The fourth-order valence-corrected chi connectivity index (χ4v) is 4.06. The molecule has 92 valence electrons. The fraction of sp³-hybridized carbons (Fsp3) is 0.625. The lowest BCUT2D eigenvalue weighted by Gasteiger charge is -2.50. The van der Waals surface area contributed by atoms with Gasteiger partial charge in [-0.15, -0.1) is 0 Å². The summed E-state index contributed by atoms with van der Waals surface area (Å²) < 4.78 is 0. The summed E-state index contributed by atoms with van der Waals surface area (Å²) in [7, 11) is 2.28. The third-order valence-corrected chi connectivity index (χ3v) is 5.03. The van der Waals surface area contributed by atoms with Gasteiger partial charge in [-0.2, -0.15) is 0 Å². The zero-order valence-electron chi connectivity index (χ0n) is 10.9. The smallest absolute Gasteiger partial charge is 0.00151 e. The lowest BCUT2D eigenvalue weighted by Crippen LogP contribution is -2.50. The van der Waals surface area contributed by atoms with Crippen LogP contribution < -0.4 is 0 Å². The van der Waals surface area contributed by atoms with Crippen molar-refractivity contribution in [2.24, 2.45) is 5.92 Å². The minimum absolute atomic E-state index is 0.506. The Bertz CT molecular complexity index is 372. The molecule has 0 amide bonds. The normalized spacial score (nSPS) is 34.3. The molecule has 0 spiro atoms. The molecule has 1 aromatic rings. The zero-order valence-corrected chi connectivity index (χ0v) is 10.9. The van der Waals surface area contributed by atoms with E-state index < -0.39 is 0 Å². The molecule has 1 saturated heterocycles. The van der Waals surface area contributed by atoms with Crippen molar-refractivity contribution >= 4 is 0 Å². The van der Waals surface area contributed by atoms with Crippen LogP contribution in [0.3, 0.4) is 0 Å². The van der Waals surface area contributed by atoms with Crippen molar-refractivity contribution in [3.8, 4) is 0 Å². The first-order valence-corrected chi connectivity index (χ1v) is 7.05. The summed E-state index contributed by atoms with van der Waals surface area (Å²) in [6.45, 7) is 2.57. The minimum Gasteiger partial charge on any atom is -0.306 e. The maximum absolute atomic E-state index is 2.52. The SMILES string of the molecule is CN1CC[C@@]2(c3ccccc3)CCCC[C@@H]2C1. The Hall–Kier alpha value is -0.820. The maximum Gasteiger partial charge on any atom is 0.00151 e. The van der Waals surface area contributed by atoms with Crippen LogP contribution in [-0.4, -0.2) is 25.0 Å². The van der Waals surface area contributed by atoms with Gasteiger partial charge in [0.1, 0.15) is 0 Å². The standard InChI is InChI=1S/C16H23N/c1-17-12-11-16(14-7-3-2-4-8-14)10-6-5-9-15(16)13-17/h2-4,7-8,15H,5-6,9-13H2,1H3/t15-,16-/m1/s1. The van der Waals surface area contributed by atoms with Crippen LogP contribution in [0.25, 0.3) is 0 Å². The molecule has 1 aliphatic heterocycles. The van der Waals surface area contributed by atoms with Crippen molar-refractivity contribution in [2.45, 2.75) is 37.5 Å². The molecule has 0 bridgehead atoms. The first-order valence-electron chi connectivity index (χ1n) is 7.05. The molecule has 1 aliphatic carbocycles. The summed E-state index contributed by atoms with van der Waals surface area (Å²) in [5.41, 5.74) is 2.12. The van der Waals surface area contributed by atoms with E-state index in [0.717, 1.165) is 5.92 Å². The third kappa shape index (κ3) is 1.91. The molecule has 2 fully saturated rings. The second-order valence-corrected chi connectivity index (χ2v) is 5.98. The van der Waals surface area contributed by atoms with E-state index >= 15 is 0 Å². The predicted molar refractivity (Wildman–Crippen MR) is 72.2 cm³/mol. The number of rotatable bonds is 1. The van der Waals surface area contributed by atoms with Crippen LogP contribution in [0.5, 0.6) is 0 Å². The maximum atomic E-state index is 2.52. The Labute approximate surface area is 105 Å². The van der Waals surface area contributed by atoms with Crippen LogP contribution >= 0.6 is 0 Å². The number of piperidine rings is 1. The van der Waals surface area contributed by atoms with E-state index in [1.807, 2.05) is 0 Å². The summed E-state index contributed by atoms with van der Waals surface area (Å²) in [4.78, 5) is 2.52. The van der Waals surface area contributed by atoms with Gasteiger partial charge in [0.05, 0.1) is 0 Å². The highest BCUT2D eigenvalue weighted by molar-refractivity contribution is 5.28. The van der Waals surface area contributed by atoms with Gasteiger partial charge >= 0.3 is 0 Å². The molecule has 1 heteroatoms. The molecule has 0 unspecified atom stereocenters. The van der Waals surface area contributed by atoms with Crippen LogP contribution in [-0.2, 0) is 5.41 Å². The van der Waals surface area contributed by atoms with E-state index in [4.69, 9.17) is 0 Å². The number of fused-ring (bicyclic) bond motifs is 1. The van der Waals surface area contributed by atoms with Crippen molar-refractivity contribution in [3.63, 3.8) is 0 Å². The Morgan fingerprint density at radius 3 is 2.76 bits per heavy atom. The Morgan fingerprint density at radius 1 is 1.12 bits per heavy atom. The van der Waals surface area contributed by atoms with E-state index in [1.165, 1.54) is 45.2 Å². The number of hydrogen-bond acceptors (Lipinski definition) is 1. The molecule has 2 atom stereocenters. The summed E-state index contributed by atoms with van der Waals surface area (Å²) in [6, 6.07) is 11.3. The third-order valence-electron chi connectivity index (χ3n) is 5.03. The van der Waals surface area contributed by atoms with Crippen LogP contribution in [0.15, 0.2) is 30.3 Å². The number of hydrogen-bond donors (Lipinski definition) is 0. The lowest BCUT2D eigenvalue weighted by atomic mass is 9.59. The minimum atomic E-state index is 0.506.